The number of rotatable bonds is 5. The third kappa shape index (κ3) is 5.11. The molecule has 1 heterocycles. The van der Waals surface area contributed by atoms with Crippen molar-refractivity contribution in [2.45, 2.75) is 58.7 Å². The maximum Gasteiger partial charge on any atom is 0.421 e. The maximum atomic E-state index is 13.6. The van der Waals surface area contributed by atoms with Crippen LogP contribution in [0.2, 0.25) is 0 Å². The molecule has 27 heavy (non-hydrogen) atoms. The molecule has 1 aromatic carbocycles. The smallest absolute Gasteiger partial charge is 0.421 e. The summed E-state index contributed by atoms with van der Waals surface area (Å²) in [4.78, 5) is 9.32. The fourth-order valence-electron chi connectivity index (χ4n) is 2.68. The third-order valence-electron chi connectivity index (χ3n) is 4.21. The number of nitrogens with zero attached hydrogens (tertiary/aromatic N) is 3. The maximum absolute atomic E-state index is 13.6. The summed E-state index contributed by atoms with van der Waals surface area (Å²) in [5, 5.41) is 0. The Balaban J connectivity index is 2.60. The topological polar surface area (TPSA) is 38.2 Å². The molecular formula is C20H26F3N3O. The van der Waals surface area contributed by atoms with Gasteiger partial charge in [0.25, 0.3) is 0 Å². The van der Waals surface area contributed by atoms with Crippen LogP contribution in [-0.2, 0) is 6.18 Å². The van der Waals surface area contributed by atoms with Crippen LogP contribution in [0.3, 0.4) is 0 Å². The zero-order valence-corrected chi connectivity index (χ0v) is 16.6. The van der Waals surface area contributed by atoms with E-state index < -0.39 is 17.3 Å². The highest BCUT2D eigenvalue weighted by Gasteiger charge is 2.37. The van der Waals surface area contributed by atoms with E-state index in [2.05, 4.69) is 9.97 Å². The highest BCUT2D eigenvalue weighted by Crippen LogP contribution is 2.40. The van der Waals surface area contributed by atoms with Crippen LogP contribution in [-0.4, -0.2) is 22.6 Å². The van der Waals surface area contributed by atoms with Gasteiger partial charge in [-0.25, -0.2) is 4.98 Å². The van der Waals surface area contributed by atoms with Crippen molar-refractivity contribution in [2.75, 3.05) is 11.9 Å². The van der Waals surface area contributed by atoms with Crippen molar-refractivity contribution in [3.05, 3.63) is 41.6 Å². The molecule has 148 valence electrons. The molecule has 0 aliphatic rings. The van der Waals surface area contributed by atoms with E-state index in [4.69, 9.17) is 4.74 Å². The van der Waals surface area contributed by atoms with Crippen molar-refractivity contribution in [2.24, 2.45) is 0 Å². The summed E-state index contributed by atoms with van der Waals surface area (Å²) < 4.78 is 46.3. The summed E-state index contributed by atoms with van der Waals surface area (Å²) in [6.45, 7) is 9.45. The van der Waals surface area contributed by atoms with Gasteiger partial charge in [-0.05, 0) is 44.7 Å². The summed E-state index contributed by atoms with van der Waals surface area (Å²) in [7, 11) is 1.58. The van der Waals surface area contributed by atoms with Gasteiger partial charge >= 0.3 is 12.2 Å². The molecule has 0 amide bonds. The lowest BCUT2D eigenvalue weighted by atomic mass is 9.96. The lowest BCUT2D eigenvalue weighted by Crippen LogP contribution is -2.26. The van der Waals surface area contributed by atoms with Crippen LogP contribution in [0.1, 0.15) is 58.1 Å². The van der Waals surface area contributed by atoms with Crippen molar-refractivity contribution in [3.63, 3.8) is 0 Å². The number of alkyl halides is 3. The Kier molecular flexibility index (Phi) is 6.02. The molecule has 0 fully saturated rings. The first-order chi connectivity index (χ1) is 12.4. The number of halogens is 3. The van der Waals surface area contributed by atoms with Gasteiger partial charge in [0.1, 0.15) is 11.2 Å². The van der Waals surface area contributed by atoms with E-state index >= 15 is 0 Å². The Hall–Kier alpha value is -2.31. The molecule has 0 saturated heterocycles. The van der Waals surface area contributed by atoms with Gasteiger partial charge in [0.15, 0.2) is 5.82 Å². The predicted octanol–water partition coefficient (Wildman–Crippen LogP) is 5.95. The molecule has 0 aliphatic carbocycles. The van der Waals surface area contributed by atoms with Crippen molar-refractivity contribution in [1.82, 2.24) is 9.97 Å². The largest absolute Gasteiger partial charge is 0.458 e. The number of benzene rings is 1. The number of hydrogen-bond donors (Lipinski definition) is 0. The molecule has 1 atom stereocenters. The van der Waals surface area contributed by atoms with Crippen LogP contribution in [0.4, 0.5) is 24.7 Å². The number of aromatic nitrogens is 2. The molecule has 7 heteroatoms. The lowest BCUT2D eigenvalue weighted by molar-refractivity contribution is -0.137. The summed E-state index contributed by atoms with van der Waals surface area (Å²) in [5.74, 6) is -0.0300. The third-order valence-corrected chi connectivity index (χ3v) is 4.21. The van der Waals surface area contributed by atoms with Crippen LogP contribution in [0.15, 0.2) is 30.5 Å². The average Bonchev–Trinajstić information content (AvgIpc) is 2.58. The van der Waals surface area contributed by atoms with Crippen molar-refractivity contribution >= 4 is 11.5 Å². The molecule has 1 aromatic heterocycles. The van der Waals surface area contributed by atoms with Gasteiger partial charge in [-0.2, -0.15) is 18.2 Å². The second-order valence-corrected chi connectivity index (χ2v) is 7.53. The van der Waals surface area contributed by atoms with Gasteiger partial charge in [-0.1, -0.05) is 32.0 Å². The quantitative estimate of drug-likeness (QED) is 0.641. The monoisotopic (exact) mass is 381 g/mol. The average molecular weight is 381 g/mol. The standard InChI is InChI=1S/C20H26F3N3O/c1-7-13(2)14-10-8-9-11-16(14)26(6)17-15(20(21,22)23)12-24-18(25-17)27-19(3,4)5/h8-13H,7H2,1-6H3. The Morgan fingerprint density at radius 1 is 1.15 bits per heavy atom. The van der Waals surface area contributed by atoms with Gasteiger partial charge in [0.05, 0.1) is 0 Å². The Morgan fingerprint density at radius 2 is 1.78 bits per heavy atom. The van der Waals surface area contributed by atoms with E-state index in [-0.39, 0.29) is 17.7 Å². The summed E-state index contributed by atoms with van der Waals surface area (Å²) in [6.07, 6.45) is -2.92. The van der Waals surface area contributed by atoms with Gasteiger partial charge in [-0.15, -0.1) is 0 Å². The van der Waals surface area contributed by atoms with Crippen LogP contribution < -0.4 is 9.64 Å². The molecule has 0 radical (unpaired) electrons. The van der Waals surface area contributed by atoms with Gasteiger partial charge in [-0.3, -0.25) is 0 Å². The molecule has 4 nitrogen and oxygen atoms in total. The molecule has 2 rings (SSSR count). The first-order valence-electron chi connectivity index (χ1n) is 8.90. The molecule has 0 spiro atoms. The van der Waals surface area contributed by atoms with Crippen LogP contribution in [0.5, 0.6) is 6.01 Å². The SMILES string of the molecule is CCC(C)c1ccccc1N(C)c1nc(OC(C)(C)C)ncc1C(F)(F)F. The first kappa shape index (κ1) is 21.0. The highest BCUT2D eigenvalue weighted by atomic mass is 19.4. The zero-order valence-electron chi connectivity index (χ0n) is 16.6. The van der Waals surface area contributed by atoms with E-state index in [1.807, 2.05) is 26.0 Å². The summed E-state index contributed by atoms with van der Waals surface area (Å²) in [5.41, 5.74) is 0.125. The molecule has 0 N–H and O–H groups in total. The normalized spacial score (nSPS) is 13.4. The molecule has 1 unspecified atom stereocenters. The fraction of sp³-hybridized carbons (Fsp3) is 0.500. The van der Waals surface area contributed by atoms with Crippen molar-refractivity contribution in [1.29, 1.82) is 0 Å². The van der Waals surface area contributed by atoms with Crippen molar-refractivity contribution < 1.29 is 17.9 Å². The zero-order chi connectivity index (χ0) is 20.4. The summed E-state index contributed by atoms with van der Waals surface area (Å²) in [6, 6.07) is 7.34. The minimum Gasteiger partial charge on any atom is -0.458 e. The second-order valence-electron chi connectivity index (χ2n) is 7.53. The highest BCUT2D eigenvalue weighted by molar-refractivity contribution is 5.66. The van der Waals surface area contributed by atoms with Crippen LogP contribution >= 0.6 is 0 Å². The van der Waals surface area contributed by atoms with E-state index in [0.717, 1.165) is 18.2 Å². The van der Waals surface area contributed by atoms with Crippen LogP contribution in [0, 0.1) is 0 Å². The molecule has 0 aliphatic heterocycles. The molecular weight excluding hydrogens is 355 g/mol. The Labute approximate surface area is 158 Å². The second kappa shape index (κ2) is 7.74. The molecule has 0 saturated carbocycles. The van der Waals surface area contributed by atoms with Crippen molar-refractivity contribution in [3.8, 4) is 6.01 Å². The van der Waals surface area contributed by atoms with E-state index in [1.54, 1.807) is 40.0 Å². The number of anilines is 2. The number of ether oxygens (including phenoxy) is 1. The predicted molar refractivity (Wildman–Crippen MR) is 101 cm³/mol. The van der Waals surface area contributed by atoms with E-state index in [1.165, 1.54) is 4.90 Å². The van der Waals surface area contributed by atoms with Gasteiger partial charge in [0.2, 0.25) is 0 Å². The minimum atomic E-state index is -4.57. The Morgan fingerprint density at radius 3 is 2.33 bits per heavy atom. The first-order valence-corrected chi connectivity index (χ1v) is 8.90. The molecule has 2 aromatic rings. The summed E-state index contributed by atoms with van der Waals surface area (Å²) >= 11 is 0. The number of para-hydroxylation sites is 1. The van der Waals surface area contributed by atoms with Gasteiger partial charge < -0.3 is 9.64 Å². The van der Waals surface area contributed by atoms with E-state index in [9.17, 15) is 13.2 Å². The number of hydrogen-bond acceptors (Lipinski definition) is 4. The lowest BCUT2D eigenvalue weighted by Gasteiger charge is -2.27. The fourth-order valence-corrected chi connectivity index (χ4v) is 2.68. The van der Waals surface area contributed by atoms with Crippen LogP contribution in [0.25, 0.3) is 0 Å². The van der Waals surface area contributed by atoms with E-state index in [0.29, 0.717) is 5.69 Å². The molecule has 0 bridgehead atoms. The minimum absolute atomic E-state index is 0.0848. The van der Waals surface area contributed by atoms with Gasteiger partial charge in [0, 0.05) is 18.9 Å². The Bertz CT molecular complexity index is 785.